The number of benzene rings is 1. The van der Waals surface area contributed by atoms with Crippen LogP contribution in [0.15, 0.2) is 24.3 Å². The van der Waals surface area contributed by atoms with Crippen LogP contribution in [-0.4, -0.2) is 23.8 Å². The summed E-state index contributed by atoms with van der Waals surface area (Å²) in [6.45, 7) is -1.54. The first-order chi connectivity index (χ1) is 7.87. The molecular formula is C10H10F3NO3. The summed E-state index contributed by atoms with van der Waals surface area (Å²) in [5.41, 5.74) is 2.14. The number of phenolic OH excluding ortho intramolecular Hbond substituents is 1. The number of phenols is 1. The Kier molecular flexibility index (Phi) is 4.33. The second-order valence-corrected chi connectivity index (χ2v) is 3.28. The van der Waals surface area contributed by atoms with E-state index in [1.807, 2.05) is 0 Å². The lowest BCUT2D eigenvalue weighted by Gasteiger charge is -2.08. The van der Waals surface area contributed by atoms with Gasteiger partial charge in [0.05, 0.1) is 6.42 Å². The summed E-state index contributed by atoms with van der Waals surface area (Å²) in [5, 5.41) is 9.10. The molecule has 94 valence electrons. The van der Waals surface area contributed by atoms with E-state index in [-0.39, 0.29) is 12.2 Å². The fraction of sp³-hybridized carbons (Fsp3) is 0.300. The Morgan fingerprint density at radius 1 is 1.41 bits per heavy atom. The summed E-state index contributed by atoms with van der Waals surface area (Å²) < 4.78 is 35.0. The highest BCUT2D eigenvalue weighted by atomic mass is 19.4. The Labute approximate surface area is 95.0 Å². The Morgan fingerprint density at radius 3 is 2.71 bits per heavy atom. The van der Waals surface area contributed by atoms with Crippen molar-refractivity contribution < 1.29 is 27.9 Å². The average molecular weight is 249 g/mol. The molecule has 0 fully saturated rings. The lowest BCUT2D eigenvalue weighted by molar-refractivity contribution is -0.191. The fourth-order valence-corrected chi connectivity index (χ4v) is 1.09. The maximum absolute atomic E-state index is 11.7. The average Bonchev–Trinajstić information content (AvgIpc) is 2.15. The van der Waals surface area contributed by atoms with Gasteiger partial charge in [-0.25, -0.2) is 5.48 Å². The largest absolute Gasteiger partial charge is 0.508 e. The molecule has 1 aromatic rings. The van der Waals surface area contributed by atoms with Crippen LogP contribution in [0.1, 0.15) is 5.56 Å². The van der Waals surface area contributed by atoms with Crippen LogP contribution < -0.4 is 5.48 Å². The first-order valence-electron chi connectivity index (χ1n) is 4.62. The van der Waals surface area contributed by atoms with Crippen molar-refractivity contribution in [3.05, 3.63) is 29.8 Å². The third kappa shape index (κ3) is 5.76. The predicted molar refractivity (Wildman–Crippen MR) is 52.0 cm³/mol. The lowest BCUT2D eigenvalue weighted by Crippen LogP contribution is -2.30. The molecule has 0 heterocycles. The molecule has 0 spiro atoms. The Morgan fingerprint density at radius 2 is 2.12 bits per heavy atom. The van der Waals surface area contributed by atoms with Crippen LogP contribution in [-0.2, 0) is 16.1 Å². The van der Waals surface area contributed by atoms with E-state index in [1.165, 1.54) is 18.2 Å². The summed E-state index contributed by atoms with van der Waals surface area (Å²) in [6.07, 6.45) is -4.66. The molecule has 0 atom stereocenters. The summed E-state index contributed by atoms with van der Waals surface area (Å²) in [7, 11) is 0. The van der Waals surface area contributed by atoms with Gasteiger partial charge in [0.15, 0.2) is 6.61 Å². The highest BCUT2D eigenvalue weighted by Gasteiger charge is 2.28. The highest BCUT2D eigenvalue weighted by Crippen LogP contribution is 2.14. The molecule has 0 aliphatic carbocycles. The minimum atomic E-state index is -4.49. The van der Waals surface area contributed by atoms with E-state index < -0.39 is 18.7 Å². The summed E-state index contributed by atoms with van der Waals surface area (Å²) in [4.78, 5) is 15.1. The quantitative estimate of drug-likeness (QED) is 0.796. The van der Waals surface area contributed by atoms with Crippen molar-refractivity contribution in [2.24, 2.45) is 0 Å². The number of carbonyl (C=O) groups excluding carboxylic acids is 1. The minimum absolute atomic E-state index is 0.0218. The van der Waals surface area contributed by atoms with Crippen LogP contribution in [0.3, 0.4) is 0 Å². The van der Waals surface area contributed by atoms with Gasteiger partial charge in [-0.1, -0.05) is 12.1 Å². The zero-order valence-electron chi connectivity index (χ0n) is 8.62. The number of hydrogen-bond donors (Lipinski definition) is 2. The molecule has 1 aromatic carbocycles. The number of halogens is 3. The number of hydrogen-bond acceptors (Lipinski definition) is 3. The first kappa shape index (κ1) is 13.3. The van der Waals surface area contributed by atoms with E-state index in [2.05, 4.69) is 4.84 Å². The SMILES string of the molecule is O=C(Cc1cccc(O)c1)NOCC(F)(F)F. The van der Waals surface area contributed by atoms with Crippen LogP contribution in [0.2, 0.25) is 0 Å². The molecule has 0 aliphatic heterocycles. The molecule has 1 amide bonds. The van der Waals surface area contributed by atoms with Crippen molar-refractivity contribution in [3.8, 4) is 5.75 Å². The monoisotopic (exact) mass is 249 g/mol. The molecule has 0 bridgehead atoms. The molecular weight excluding hydrogens is 239 g/mol. The molecule has 2 N–H and O–H groups in total. The van der Waals surface area contributed by atoms with Crippen LogP contribution in [0.5, 0.6) is 5.75 Å². The second-order valence-electron chi connectivity index (χ2n) is 3.28. The molecule has 0 saturated heterocycles. The number of rotatable bonds is 4. The van der Waals surface area contributed by atoms with Gasteiger partial charge in [-0.05, 0) is 17.7 Å². The van der Waals surface area contributed by atoms with Crippen molar-refractivity contribution in [1.29, 1.82) is 0 Å². The van der Waals surface area contributed by atoms with E-state index in [1.54, 1.807) is 11.5 Å². The summed E-state index contributed by atoms with van der Waals surface area (Å²) >= 11 is 0. The van der Waals surface area contributed by atoms with Crippen molar-refractivity contribution in [2.45, 2.75) is 12.6 Å². The summed E-state index contributed by atoms with van der Waals surface area (Å²) in [5.74, 6) is -0.744. The van der Waals surface area contributed by atoms with E-state index in [0.717, 1.165) is 0 Å². The van der Waals surface area contributed by atoms with Crippen molar-refractivity contribution >= 4 is 5.91 Å². The lowest BCUT2D eigenvalue weighted by atomic mass is 10.1. The number of carbonyl (C=O) groups is 1. The maximum Gasteiger partial charge on any atom is 0.414 e. The molecule has 1 rings (SSSR count). The van der Waals surface area contributed by atoms with Gasteiger partial charge in [-0.3, -0.25) is 9.63 Å². The molecule has 0 aliphatic rings. The molecule has 17 heavy (non-hydrogen) atoms. The smallest absolute Gasteiger partial charge is 0.414 e. The van der Waals surface area contributed by atoms with E-state index in [0.29, 0.717) is 5.56 Å². The maximum atomic E-state index is 11.7. The van der Waals surface area contributed by atoms with E-state index in [9.17, 15) is 18.0 Å². The van der Waals surface area contributed by atoms with Crippen LogP contribution >= 0.6 is 0 Å². The van der Waals surface area contributed by atoms with Crippen LogP contribution in [0.25, 0.3) is 0 Å². The second kappa shape index (κ2) is 5.53. The first-order valence-corrected chi connectivity index (χ1v) is 4.62. The number of amides is 1. The third-order valence-electron chi connectivity index (χ3n) is 1.70. The number of aromatic hydroxyl groups is 1. The van der Waals surface area contributed by atoms with Gasteiger partial charge in [0.1, 0.15) is 5.75 Å². The third-order valence-corrected chi connectivity index (χ3v) is 1.70. The number of hydroxylamine groups is 1. The molecule has 0 saturated carbocycles. The number of nitrogens with one attached hydrogen (secondary N) is 1. The number of alkyl halides is 3. The molecule has 0 radical (unpaired) electrons. The molecule has 0 unspecified atom stereocenters. The van der Waals surface area contributed by atoms with Gasteiger partial charge >= 0.3 is 6.18 Å². The van der Waals surface area contributed by atoms with Gasteiger partial charge in [0.2, 0.25) is 5.91 Å². The molecule has 0 aromatic heterocycles. The fourth-order valence-electron chi connectivity index (χ4n) is 1.09. The Hall–Kier alpha value is -1.76. The van der Waals surface area contributed by atoms with E-state index >= 15 is 0 Å². The van der Waals surface area contributed by atoms with Gasteiger partial charge in [0, 0.05) is 0 Å². The van der Waals surface area contributed by atoms with Gasteiger partial charge in [-0.2, -0.15) is 13.2 Å². The highest BCUT2D eigenvalue weighted by molar-refractivity contribution is 5.77. The molecule has 7 heteroatoms. The standard InChI is InChI=1S/C10H10F3NO3/c11-10(12,13)6-17-14-9(16)5-7-2-1-3-8(15)4-7/h1-4,15H,5-6H2,(H,14,16). The van der Waals surface area contributed by atoms with Crippen LogP contribution in [0, 0.1) is 0 Å². The van der Waals surface area contributed by atoms with Gasteiger partial charge < -0.3 is 5.11 Å². The van der Waals surface area contributed by atoms with Gasteiger partial charge in [-0.15, -0.1) is 0 Å². The van der Waals surface area contributed by atoms with Crippen LogP contribution in [0.4, 0.5) is 13.2 Å². The molecule has 4 nitrogen and oxygen atoms in total. The van der Waals surface area contributed by atoms with Crippen molar-refractivity contribution in [3.63, 3.8) is 0 Å². The zero-order chi connectivity index (χ0) is 12.9. The minimum Gasteiger partial charge on any atom is -0.508 e. The zero-order valence-corrected chi connectivity index (χ0v) is 8.62. The predicted octanol–water partition coefficient (Wildman–Crippen LogP) is 1.54. The van der Waals surface area contributed by atoms with E-state index in [4.69, 9.17) is 5.11 Å². The summed E-state index contributed by atoms with van der Waals surface area (Å²) in [6, 6.07) is 5.84. The topological polar surface area (TPSA) is 58.6 Å². The van der Waals surface area contributed by atoms with Crippen molar-refractivity contribution in [2.75, 3.05) is 6.61 Å². The Balaban J connectivity index is 2.35. The normalized spacial score (nSPS) is 11.2. The van der Waals surface area contributed by atoms with Gasteiger partial charge in [0.25, 0.3) is 0 Å². The van der Waals surface area contributed by atoms with Crippen molar-refractivity contribution in [1.82, 2.24) is 5.48 Å². The Bertz CT molecular complexity index is 393.